The van der Waals surface area contributed by atoms with Gasteiger partial charge in [0, 0.05) is 18.1 Å². The topological polar surface area (TPSA) is 86.8 Å². The average molecular weight is 588 g/mol. The fourth-order valence-electron chi connectivity index (χ4n) is 4.13. The third-order valence-electron chi connectivity index (χ3n) is 6.35. The van der Waals surface area contributed by atoms with Crippen LogP contribution in [0.15, 0.2) is 77.7 Å². The lowest BCUT2D eigenvalue weighted by Crippen LogP contribution is -2.52. The highest BCUT2D eigenvalue weighted by Gasteiger charge is 2.34. The Morgan fingerprint density at radius 2 is 1.60 bits per heavy atom. The molecule has 0 fully saturated rings. The number of nitrogens with one attached hydrogen (secondary N) is 1. The molecule has 0 aliphatic rings. The van der Waals surface area contributed by atoms with Crippen LogP contribution in [0.1, 0.15) is 38.3 Å². The standard InChI is InChI=1S/C30H35ClFN3O4S/c1-5-27(30(37)33-18-21(2)3)34(19-23-12-14-24(31)15-13-23)29(36)20-35(28-9-7-6-8-26(28)32)40(38,39)25-16-10-22(4)11-17-25/h6-17,21,27H,5,18-20H2,1-4H3,(H,33,37). The molecule has 2 amide bonds. The first-order valence-electron chi connectivity index (χ1n) is 13.1. The molecule has 7 nitrogen and oxygen atoms in total. The van der Waals surface area contributed by atoms with E-state index in [0.29, 0.717) is 17.1 Å². The van der Waals surface area contributed by atoms with Crippen LogP contribution in [0.4, 0.5) is 10.1 Å². The normalized spacial score (nSPS) is 12.2. The van der Waals surface area contributed by atoms with Crippen molar-refractivity contribution in [3.63, 3.8) is 0 Å². The Labute approximate surface area is 241 Å². The number of amides is 2. The summed E-state index contributed by atoms with van der Waals surface area (Å²) in [6.45, 7) is 7.25. The van der Waals surface area contributed by atoms with E-state index < -0.39 is 34.3 Å². The number of rotatable bonds is 12. The maximum absolute atomic E-state index is 15.0. The summed E-state index contributed by atoms with van der Waals surface area (Å²) >= 11 is 6.04. The van der Waals surface area contributed by atoms with Gasteiger partial charge in [-0.3, -0.25) is 13.9 Å². The van der Waals surface area contributed by atoms with Gasteiger partial charge in [-0.05, 0) is 61.2 Å². The number of carbonyl (C=O) groups is 2. The van der Waals surface area contributed by atoms with Gasteiger partial charge in [-0.2, -0.15) is 0 Å². The zero-order chi connectivity index (χ0) is 29.4. The number of aryl methyl sites for hydroxylation is 1. The number of anilines is 1. The number of para-hydroxylation sites is 1. The highest BCUT2D eigenvalue weighted by Crippen LogP contribution is 2.27. The fraction of sp³-hybridized carbons (Fsp3) is 0.333. The van der Waals surface area contributed by atoms with E-state index >= 15 is 4.39 Å². The van der Waals surface area contributed by atoms with Gasteiger partial charge in [0.2, 0.25) is 11.8 Å². The first-order valence-corrected chi connectivity index (χ1v) is 14.9. The lowest BCUT2D eigenvalue weighted by atomic mass is 10.1. The first kappa shape index (κ1) is 31.1. The number of halogens is 2. The number of nitrogens with zero attached hydrogens (tertiary/aromatic N) is 2. The van der Waals surface area contributed by atoms with E-state index in [-0.39, 0.29) is 35.4 Å². The van der Waals surface area contributed by atoms with Crippen LogP contribution in [0, 0.1) is 18.7 Å². The van der Waals surface area contributed by atoms with Crippen molar-refractivity contribution in [2.45, 2.75) is 51.6 Å². The molecule has 0 radical (unpaired) electrons. The second kappa shape index (κ2) is 13.8. The summed E-state index contributed by atoms with van der Waals surface area (Å²) in [6.07, 6.45) is 0.285. The Balaban J connectivity index is 2.05. The molecule has 0 spiro atoms. The summed E-state index contributed by atoms with van der Waals surface area (Å²) in [7, 11) is -4.35. The second-order valence-electron chi connectivity index (χ2n) is 9.99. The molecule has 0 saturated carbocycles. The largest absolute Gasteiger partial charge is 0.354 e. The molecule has 0 aromatic heterocycles. The molecular weight excluding hydrogens is 553 g/mol. The van der Waals surface area contributed by atoms with Crippen molar-refractivity contribution in [2.75, 3.05) is 17.4 Å². The van der Waals surface area contributed by atoms with E-state index in [2.05, 4.69) is 5.32 Å². The van der Waals surface area contributed by atoms with E-state index in [4.69, 9.17) is 11.6 Å². The van der Waals surface area contributed by atoms with Crippen LogP contribution >= 0.6 is 11.6 Å². The van der Waals surface area contributed by atoms with Gasteiger partial charge in [0.05, 0.1) is 10.6 Å². The van der Waals surface area contributed by atoms with Crippen molar-refractivity contribution in [3.8, 4) is 0 Å². The van der Waals surface area contributed by atoms with Crippen molar-refractivity contribution < 1.29 is 22.4 Å². The summed E-state index contributed by atoms with van der Waals surface area (Å²) < 4.78 is 43.4. The molecular formula is C30H35ClFN3O4S. The quantitative estimate of drug-likeness (QED) is 0.300. The number of sulfonamides is 1. The SMILES string of the molecule is CCC(C(=O)NCC(C)C)N(Cc1ccc(Cl)cc1)C(=O)CN(c1ccccc1F)S(=O)(=O)c1ccc(C)cc1. The Hall–Kier alpha value is -3.43. The first-order chi connectivity index (χ1) is 18.9. The van der Waals surface area contributed by atoms with E-state index in [1.807, 2.05) is 20.8 Å². The number of hydrogen-bond acceptors (Lipinski definition) is 4. The van der Waals surface area contributed by atoms with Crippen molar-refractivity contribution >= 4 is 39.1 Å². The molecule has 10 heteroatoms. The molecule has 0 aliphatic carbocycles. The summed E-state index contributed by atoms with van der Waals surface area (Å²) in [5.41, 5.74) is 1.28. The molecule has 40 heavy (non-hydrogen) atoms. The third kappa shape index (κ3) is 7.82. The molecule has 3 aromatic rings. The second-order valence-corrected chi connectivity index (χ2v) is 12.3. The van der Waals surface area contributed by atoms with Gasteiger partial charge in [-0.1, -0.05) is 74.3 Å². The van der Waals surface area contributed by atoms with Crippen molar-refractivity contribution in [1.29, 1.82) is 0 Å². The molecule has 0 bridgehead atoms. The van der Waals surface area contributed by atoms with Gasteiger partial charge in [-0.15, -0.1) is 0 Å². The predicted molar refractivity (Wildman–Crippen MR) is 156 cm³/mol. The Bertz CT molecular complexity index is 1410. The van der Waals surface area contributed by atoms with Crippen molar-refractivity contribution in [1.82, 2.24) is 10.2 Å². The Morgan fingerprint density at radius 1 is 0.975 bits per heavy atom. The lowest BCUT2D eigenvalue weighted by Gasteiger charge is -2.33. The van der Waals surface area contributed by atoms with Crippen LogP contribution in [0.3, 0.4) is 0 Å². The van der Waals surface area contributed by atoms with E-state index in [1.54, 1.807) is 43.3 Å². The molecule has 3 rings (SSSR count). The smallest absolute Gasteiger partial charge is 0.264 e. The molecule has 214 valence electrons. The number of carbonyl (C=O) groups excluding carboxylic acids is 2. The molecule has 1 atom stereocenters. The third-order valence-corrected chi connectivity index (χ3v) is 8.37. The van der Waals surface area contributed by atoms with Gasteiger partial charge < -0.3 is 10.2 Å². The highest BCUT2D eigenvalue weighted by molar-refractivity contribution is 7.92. The van der Waals surface area contributed by atoms with Gasteiger partial charge in [0.1, 0.15) is 18.4 Å². The number of hydrogen-bond donors (Lipinski definition) is 1. The van der Waals surface area contributed by atoms with Crippen LogP contribution in [-0.4, -0.2) is 44.3 Å². The average Bonchev–Trinajstić information content (AvgIpc) is 2.92. The fourth-order valence-corrected chi connectivity index (χ4v) is 5.68. The monoisotopic (exact) mass is 587 g/mol. The van der Waals surface area contributed by atoms with Crippen LogP contribution in [0.2, 0.25) is 5.02 Å². The zero-order valence-electron chi connectivity index (χ0n) is 23.1. The van der Waals surface area contributed by atoms with Gasteiger partial charge in [0.15, 0.2) is 0 Å². The van der Waals surface area contributed by atoms with Crippen LogP contribution in [0.25, 0.3) is 0 Å². The Kier molecular flexibility index (Phi) is 10.7. The maximum atomic E-state index is 15.0. The zero-order valence-corrected chi connectivity index (χ0v) is 24.7. The molecule has 3 aromatic carbocycles. The minimum Gasteiger partial charge on any atom is -0.354 e. The van der Waals surface area contributed by atoms with Crippen molar-refractivity contribution in [2.24, 2.45) is 5.92 Å². The summed E-state index contributed by atoms with van der Waals surface area (Å²) in [4.78, 5) is 28.4. The summed E-state index contributed by atoms with van der Waals surface area (Å²) in [5, 5.41) is 3.39. The van der Waals surface area contributed by atoms with Gasteiger partial charge >= 0.3 is 0 Å². The molecule has 1 N–H and O–H groups in total. The minimum absolute atomic E-state index is 0.0271. The van der Waals surface area contributed by atoms with E-state index in [0.717, 1.165) is 15.9 Å². The summed E-state index contributed by atoms with van der Waals surface area (Å²) in [6, 6.07) is 17.4. The molecule has 0 saturated heterocycles. The van der Waals surface area contributed by atoms with E-state index in [9.17, 15) is 18.0 Å². The Morgan fingerprint density at radius 3 is 2.17 bits per heavy atom. The predicted octanol–water partition coefficient (Wildman–Crippen LogP) is 5.56. The minimum atomic E-state index is -4.35. The van der Waals surface area contributed by atoms with Gasteiger partial charge in [0.25, 0.3) is 10.0 Å². The van der Waals surface area contributed by atoms with Crippen LogP contribution < -0.4 is 9.62 Å². The number of benzene rings is 3. The molecule has 1 unspecified atom stereocenters. The van der Waals surface area contributed by atoms with Crippen LogP contribution in [-0.2, 0) is 26.2 Å². The summed E-state index contributed by atoms with van der Waals surface area (Å²) in [5.74, 6) is -1.60. The maximum Gasteiger partial charge on any atom is 0.264 e. The lowest BCUT2D eigenvalue weighted by molar-refractivity contribution is -0.140. The molecule has 0 aliphatic heterocycles. The highest BCUT2D eigenvalue weighted by atomic mass is 35.5. The van der Waals surface area contributed by atoms with E-state index in [1.165, 1.54) is 35.2 Å². The molecule has 0 heterocycles. The van der Waals surface area contributed by atoms with Crippen LogP contribution in [0.5, 0.6) is 0 Å². The van der Waals surface area contributed by atoms with Crippen molar-refractivity contribution in [3.05, 3.63) is 94.8 Å². The van der Waals surface area contributed by atoms with Gasteiger partial charge in [-0.25, -0.2) is 12.8 Å².